The third kappa shape index (κ3) is 3.70. The minimum absolute atomic E-state index is 0.0696. The minimum atomic E-state index is -0.0696. The highest BCUT2D eigenvalue weighted by atomic mass is 32.1. The van der Waals surface area contributed by atoms with E-state index in [1.807, 2.05) is 36.6 Å². The van der Waals surface area contributed by atoms with Crippen molar-refractivity contribution in [2.24, 2.45) is 5.73 Å². The first-order valence-electron chi connectivity index (χ1n) is 6.31. The fraction of sp³-hybridized carbons (Fsp3) is 0.188. The number of nitrogens with two attached hydrogens (primary N) is 1. The molecule has 0 saturated carbocycles. The molecule has 2 aromatic rings. The molecule has 4 heteroatoms. The Morgan fingerprint density at radius 2 is 2.25 bits per heavy atom. The molecule has 0 fully saturated rings. The van der Waals surface area contributed by atoms with E-state index in [1.54, 1.807) is 17.4 Å². The number of benzene rings is 1. The standard InChI is InChI=1S/C16H16N2OS/c1-12-10-14(7-6-13(12)4-2-8-17)16(19)18-11-15-5-3-9-20-15/h3,5-7,9-10H,8,11,17H2,1H3,(H,18,19). The number of nitrogens with one attached hydrogen (secondary N) is 1. The molecule has 0 bridgehead atoms. The number of aryl methyl sites for hydroxylation is 1. The maximum atomic E-state index is 12.1. The second kappa shape index (κ2) is 6.90. The first-order chi connectivity index (χ1) is 9.70. The van der Waals surface area contributed by atoms with Crippen LogP contribution < -0.4 is 11.1 Å². The number of hydrogen-bond acceptors (Lipinski definition) is 3. The third-order valence-corrected chi connectivity index (χ3v) is 3.69. The van der Waals surface area contributed by atoms with Gasteiger partial charge in [-0.25, -0.2) is 0 Å². The van der Waals surface area contributed by atoms with Crippen molar-refractivity contribution in [2.75, 3.05) is 6.54 Å². The molecule has 20 heavy (non-hydrogen) atoms. The van der Waals surface area contributed by atoms with Crippen molar-refractivity contribution < 1.29 is 4.79 Å². The molecule has 0 unspecified atom stereocenters. The van der Waals surface area contributed by atoms with E-state index < -0.39 is 0 Å². The number of carbonyl (C=O) groups is 1. The summed E-state index contributed by atoms with van der Waals surface area (Å²) in [7, 11) is 0. The van der Waals surface area contributed by atoms with Crippen LogP contribution in [0.3, 0.4) is 0 Å². The summed E-state index contributed by atoms with van der Waals surface area (Å²) in [6, 6.07) is 9.47. The molecule has 2 rings (SSSR count). The maximum Gasteiger partial charge on any atom is 0.251 e. The van der Waals surface area contributed by atoms with Crippen molar-refractivity contribution in [3.8, 4) is 11.8 Å². The van der Waals surface area contributed by atoms with Crippen LogP contribution in [0, 0.1) is 18.8 Å². The highest BCUT2D eigenvalue weighted by Gasteiger charge is 2.07. The van der Waals surface area contributed by atoms with E-state index in [2.05, 4.69) is 17.2 Å². The molecule has 102 valence electrons. The van der Waals surface area contributed by atoms with E-state index in [0.29, 0.717) is 18.7 Å². The van der Waals surface area contributed by atoms with Crippen molar-refractivity contribution >= 4 is 17.2 Å². The van der Waals surface area contributed by atoms with Crippen molar-refractivity contribution in [3.05, 3.63) is 57.3 Å². The molecule has 1 heterocycles. The molecule has 0 radical (unpaired) electrons. The van der Waals surface area contributed by atoms with Gasteiger partial charge < -0.3 is 11.1 Å². The molecule has 3 nitrogen and oxygen atoms in total. The van der Waals surface area contributed by atoms with Crippen LogP contribution in [-0.2, 0) is 6.54 Å². The molecular formula is C16H16N2OS. The Kier molecular flexibility index (Phi) is 4.94. The number of rotatable bonds is 3. The Balaban J connectivity index is 2.05. The van der Waals surface area contributed by atoms with Crippen LogP contribution in [-0.4, -0.2) is 12.5 Å². The van der Waals surface area contributed by atoms with Crippen LogP contribution >= 0.6 is 11.3 Å². The van der Waals surface area contributed by atoms with Gasteiger partial charge in [-0.05, 0) is 42.1 Å². The second-order valence-electron chi connectivity index (χ2n) is 4.30. The molecule has 0 aliphatic heterocycles. The van der Waals surface area contributed by atoms with Crippen molar-refractivity contribution in [2.45, 2.75) is 13.5 Å². The van der Waals surface area contributed by atoms with Gasteiger partial charge in [0.25, 0.3) is 5.91 Å². The lowest BCUT2D eigenvalue weighted by atomic mass is 10.0. The molecule has 1 amide bonds. The highest BCUT2D eigenvalue weighted by Crippen LogP contribution is 2.11. The number of amides is 1. The first kappa shape index (κ1) is 14.3. The highest BCUT2D eigenvalue weighted by molar-refractivity contribution is 7.09. The monoisotopic (exact) mass is 284 g/mol. The van der Waals surface area contributed by atoms with E-state index >= 15 is 0 Å². The lowest BCUT2D eigenvalue weighted by molar-refractivity contribution is 0.0951. The van der Waals surface area contributed by atoms with E-state index in [9.17, 15) is 4.79 Å². The first-order valence-corrected chi connectivity index (χ1v) is 7.19. The van der Waals surface area contributed by atoms with Crippen LogP contribution in [0.4, 0.5) is 0 Å². The molecule has 1 aromatic heterocycles. The molecule has 0 aliphatic rings. The molecule has 0 saturated heterocycles. The van der Waals surface area contributed by atoms with Crippen LogP contribution in [0.15, 0.2) is 35.7 Å². The SMILES string of the molecule is Cc1cc(C(=O)NCc2cccs2)ccc1C#CCN. The van der Waals surface area contributed by atoms with Gasteiger partial charge in [-0.15, -0.1) is 11.3 Å². The van der Waals surface area contributed by atoms with Crippen LogP contribution in [0.2, 0.25) is 0 Å². The summed E-state index contributed by atoms with van der Waals surface area (Å²) in [5.74, 6) is 5.73. The van der Waals surface area contributed by atoms with Crippen LogP contribution in [0.1, 0.15) is 26.4 Å². The Labute approximate surface area is 122 Å². The van der Waals surface area contributed by atoms with Gasteiger partial charge in [0.2, 0.25) is 0 Å². The smallest absolute Gasteiger partial charge is 0.251 e. The van der Waals surface area contributed by atoms with Gasteiger partial charge in [0, 0.05) is 16.0 Å². The molecule has 0 aliphatic carbocycles. The molecule has 1 aromatic carbocycles. The Bertz CT molecular complexity index is 651. The number of hydrogen-bond donors (Lipinski definition) is 2. The Hall–Kier alpha value is -2.09. The van der Waals surface area contributed by atoms with E-state index in [0.717, 1.165) is 16.0 Å². The average molecular weight is 284 g/mol. The maximum absolute atomic E-state index is 12.1. The summed E-state index contributed by atoms with van der Waals surface area (Å²) >= 11 is 1.63. The largest absolute Gasteiger partial charge is 0.347 e. The van der Waals surface area contributed by atoms with Crippen molar-refractivity contribution in [1.29, 1.82) is 0 Å². The summed E-state index contributed by atoms with van der Waals surface area (Å²) < 4.78 is 0. The quantitative estimate of drug-likeness (QED) is 0.850. The van der Waals surface area contributed by atoms with Gasteiger partial charge in [-0.2, -0.15) is 0 Å². The van der Waals surface area contributed by atoms with Crippen molar-refractivity contribution in [1.82, 2.24) is 5.32 Å². The second-order valence-corrected chi connectivity index (χ2v) is 5.33. The summed E-state index contributed by atoms with van der Waals surface area (Å²) in [4.78, 5) is 13.2. The predicted octanol–water partition coefficient (Wildman–Crippen LogP) is 2.30. The molecule has 0 atom stereocenters. The third-order valence-electron chi connectivity index (χ3n) is 2.82. The van der Waals surface area contributed by atoms with Crippen LogP contribution in [0.25, 0.3) is 0 Å². The van der Waals surface area contributed by atoms with Gasteiger partial charge in [0.05, 0.1) is 13.1 Å². The summed E-state index contributed by atoms with van der Waals surface area (Å²) in [5.41, 5.74) is 7.89. The fourth-order valence-electron chi connectivity index (χ4n) is 1.77. The Morgan fingerprint density at radius 1 is 1.40 bits per heavy atom. The summed E-state index contributed by atoms with van der Waals surface area (Å²) in [6.45, 7) is 2.84. The zero-order chi connectivity index (χ0) is 14.4. The molecular weight excluding hydrogens is 268 g/mol. The van der Waals surface area contributed by atoms with Gasteiger partial charge in [-0.3, -0.25) is 4.79 Å². The number of carbonyl (C=O) groups excluding carboxylic acids is 1. The molecule has 0 spiro atoms. The Morgan fingerprint density at radius 3 is 2.90 bits per heavy atom. The lowest BCUT2D eigenvalue weighted by Crippen LogP contribution is -2.22. The predicted molar refractivity (Wildman–Crippen MR) is 82.6 cm³/mol. The van der Waals surface area contributed by atoms with E-state index in [-0.39, 0.29) is 5.91 Å². The van der Waals surface area contributed by atoms with E-state index in [1.165, 1.54) is 0 Å². The summed E-state index contributed by atoms with van der Waals surface area (Å²) in [5, 5.41) is 4.90. The van der Waals surface area contributed by atoms with Crippen LogP contribution in [0.5, 0.6) is 0 Å². The zero-order valence-electron chi connectivity index (χ0n) is 11.3. The lowest BCUT2D eigenvalue weighted by Gasteiger charge is -2.06. The van der Waals surface area contributed by atoms with Crippen molar-refractivity contribution in [3.63, 3.8) is 0 Å². The fourth-order valence-corrected chi connectivity index (χ4v) is 2.42. The normalized spacial score (nSPS) is 9.70. The zero-order valence-corrected chi connectivity index (χ0v) is 12.1. The van der Waals surface area contributed by atoms with Gasteiger partial charge in [-0.1, -0.05) is 17.9 Å². The molecule has 3 N–H and O–H groups in total. The minimum Gasteiger partial charge on any atom is -0.347 e. The van der Waals surface area contributed by atoms with Gasteiger partial charge in [0.15, 0.2) is 0 Å². The summed E-state index contributed by atoms with van der Waals surface area (Å²) in [6.07, 6.45) is 0. The van der Waals surface area contributed by atoms with Gasteiger partial charge >= 0.3 is 0 Å². The van der Waals surface area contributed by atoms with E-state index in [4.69, 9.17) is 5.73 Å². The number of thiophene rings is 1. The average Bonchev–Trinajstić information content (AvgIpc) is 2.96. The topological polar surface area (TPSA) is 55.1 Å². The van der Waals surface area contributed by atoms with Gasteiger partial charge in [0.1, 0.15) is 0 Å².